The Morgan fingerprint density at radius 1 is 1.00 bits per heavy atom. The summed E-state index contributed by atoms with van der Waals surface area (Å²) in [6.45, 7) is 0.410. The van der Waals surface area contributed by atoms with Gasteiger partial charge in [0.05, 0.1) is 19.9 Å². The zero-order chi connectivity index (χ0) is 20.6. The van der Waals surface area contributed by atoms with Gasteiger partial charge in [0.1, 0.15) is 17.3 Å². The molecule has 1 aromatic heterocycles. The van der Waals surface area contributed by atoms with Crippen LogP contribution in [0.1, 0.15) is 16.1 Å². The van der Waals surface area contributed by atoms with Gasteiger partial charge in [0.15, 0.2) is 11.5 Å². The summed E-state index contributed by atoms with van der Waals surface area (Å²) in [6.07, 6.45) is 0.592. The molecule has 0 aliphatic rings. The number of methoxy groups -OCH3 is 2. The van der Waals surface area contributed by atoms with Gasteiger partial charge in [0.2, 0.25) is 0 Å². The molecule has 0 spiro atoms. The number of nitrogens with one attached hydrogen (secondary N) is 2. The molecule has 8 heteroatoms. The third kappa shape index (κ3) is 5.41. The van der Waals surface area contributed by atoms with E-state index < -0.39 is 0 Å². The highest BCUT2D eigenvalue weighted by atomic mass is 19.1. The monoisotopic (exact) mass is 396 g/mol. The van der Waals surface area contributed by atoms with E-state index in [1.807, 2.05) is 0 Å². The summed E-state index contributed by atoms with van der Waals surface area (Å²) in [7, 11) is 3.15. The van der Waals surface area contributed by atoms with Crippen molar-refractivity contribution < 1.29 is 18.7 Å². The Morgan fingerprint density at radius 2 is 1.79 bits per heavy atom. The van der Waals surface area contributed by atoms with Crippen LogP contribution in [0.25, 0.3) is 0 Å². The second-order valence-electron chi connectivity index (χ2n) is 6.13. The minimum atomic E-state index is -0.329. The van der Waals surface area contributed by atoms with Crippen LogP contribution >= 0.6 is 0 Å². The quantitative estimate of drug-likeness (QED) is 0.607. The Hall–Kier alpha value is -3.68. The van der Waals surface area contributed by atoms with Crippen LogP contribution in [-0.2, 0) is 6.42 Å². The van der Waals surface area contributed by atoms with Gasteiger partial charge in [0, 0.05) is 12.6 Å². The molecule has 0 unspecified atom stereocenters. The molecule has 2 aromatic carbocycles. The summed E-state index contributed by atoms with van der Waals surface area (Å²) in [4.78, 5) is 12.2. The fraction of sp³-hybridized carbons (Fsp3) is 0.190. The number of carbonyl (C=O) groups is 1. The molecule has 29 heavy (non-hydrogen) atoms. The van der Waals surface area contributed by atoms with Crippen LogP contribution < -0.4 is 20.1 Å². The van der Waals surface area contributed by atoms with Gasteiger partial charge in [-0.05, 0) is 48.4 Å². The van der Waals surface area contributed by atoms with Crippen LogP contribution in [0.2, 0.25) is 0 Å². The van der Waals surface area contributed by atoms with E-state index in [2.05, 4.69) is 20.8 Å². The van der Waals surface area contributed by atoms with Crippen LogP contribution in [0, 0.1) is 5.82 Å². The first kappa shape index (κ1) is 20.1. The van der Waals surface area contributed by atoms with Crippen LogP contribution in [0.15, 0.2) is 54.6 Å². The van der Waals surface area contributed by atoms with Crippen LogP contribution in [-0.4, -0.2) is 36.9 Å². The van der Waals surface area contributed by atoms with Crippen molar-refractivity contribution in [3.05, 3.63) is 71.7 Å². The Balaban J connectivity index is 1.58. The average molecular weight is 396 g/mol. The fourth-order valence-corrected chi connectivity index (χ4v) is 2.63. The first-order chi connectivity index (χ1) is 14.1. The summed E-state index contributed by atoms with van der Waals surface area (Å²) in [5.74, 6) is 1.13. The van der Waals surface area contributed by atoms with Gasteiger partial charge in [-0.15, -0.1) is 10.2 Å². The van der Waals surface area contributed by atoms with Crippen molar-refractivity contribution in [1.82, 2.24) is 15.5 Å². The van der Waals surface area contributed by atoms with E-state index in [1.54, 1.807) is 56.7 Å². The van der Waals surface area contributed by atoms with Crippen LogP contribution in [0.4, 0.5) is 15.9 Å². The SMILES string of the molecule is COc1ccc(OC)c(Nc2ccc(C(=O)NCCc3ccc(F)cc3)nn2)c1. The van der Waals surface area contributed by atoms with Gasteiger partial charge in [0.25, 0.3) is 5.91 Å². The maximum atomic E-state index is 12.9. The molecule has 0 radical (unpaired) electrons. The van der Waals surface area contributed by atoms with Crippen molar-refractivity contribution in [3.63, 3.8) is 0 Å². The van der Waals surface area contributed by atoms with E-state index in [4.69, 9.17) is 9.47 Å². The van der Waals surface area contributed by atoms with Gasteiger partial charge < -0.3 is 20.1 Å². The van der Waals surface area contributed by atoms with E-state index in [0.717, 1.165) is 5.56 Å². The molecule has 0 atom stereocenters. The summed E-state index contributed by atoms with van der Waals surface area (Å²) < 4.78 is 23.4. The Morgan fingerprint density at radius 3 is 2.45 bits per heavy atom. The van der Waals surface area contributed by atoms with Gasteiger partial charge in [-0.2, -0.15) is 0 Å². The molecule has 7 nitrogen and oxygen atoms in total. The van der Waals surface area contributed by atoms with E-state index in [9.17, 15) is 9.18 Å². The van der Waals surface area contributed by atoms with Gasteiger partial charge in [-0.1, -0.05) is 12.1 Å². The molecule has 0 aliphatic heterocycles. The maximum absolute atomic E-state index is 12.9. The molecule has 3 rings (SSSR count). The number of hydrogen-bond acceptors (Lipinski definition) is 6. The zero-order valence-electron chi connectivity index (χ0n) is 16.1. The number of rotatable bonds is 8. The first-order valence-corrected chi connectivity index (χ1v) is 8.94. The Bertz CT molecular complexity index is 963. The van der Waals surface area contributed by atoms with Gasteiger partial charge >= 0.3 is 0 Å². The maximum Gasteiger partial charge on any atom is 0.271 e. The molecular formula is C21H21FN4O3. The fourth-order valence-electron chi connectivity index (χ4n) is 2.63. The largest absolute Gasteiger partial charge is 0.497 e. The zero-order valence-corrected chi connectivity index (χ0v) is 16.1. The highest BCUT2D eigenvalue weighted by Crippen LogP contribution is 2.30. The smallest absolute Gasteiger partial charge is 0.271 e. The molecule has 150 valence electrons. The topological polar surface area (TPSA) is 85.4 Å². The second kappa shape index (κ2) is 9.50. The number of anilines is 2. The molecule has 0 fully saturated rings. The van der Waals surface area contributed by atoms with E-state index >= 15 is 0 Å². The molecule has 0 saturated heterocycles. The van der Waals surface area contributed by atoms with Crippen molar-refractivity contribution in [1.29, 1.82) is 0 Å². The number of hydrogen-bond donors (Lipinski definition) is 2. The number of amides is 1. The Labute approximate surface area is 167 Å². The van der Waals surface area contributed by atoms with Crippen molar-refractivity contribution >= 4 is 17.4 Å². The van der Waals surface area contributed by atoms with Gasteiger partial charge in [-0.3, -0.25) is 4.79 Å². The summed E-state index contributed by atoms with van der Waals surface area (Å²) in [5.41, 5.74) is 1.80. The summed E-state index contributed by atoms with van der Waals surface area (Å²) in [6, 6.07) is 14.7. The molecular weight excluding hydrogens is 375 g/mol. The van der Waals surface area contributed by atoms with E-state index in [1.165, 1.54) is 12.1 Å². The molecule has 2 N–H and O–H groups in total. The normalized spacial score (nSPS) is 10.3. The Kier molecular flexibility index (Phi) is 6.57. The van der Waals surface area contributed by atoms with E-state index in [0.29, 0.717) is 36.0 Å². The molecule has 0 saturated carbocycles. The number of halogens is 1. The minimum Gasteiger partial charge on any atom is -0.497 e. The van der Waals surface area contributed by atoms with Crippen molar-refractivity contribution in [2.24, 2.45) is 0 Å². The molecule has 1 heterocycles. The molecule has 0 aliphatic carbocycles. The average Bonchev–Trinajstić information content (AvgIpc) is 2.75. The number of nitrogens with zero attached hydrogens (tertiary/aromatic N) is 2. The van der Waals surface area contributed by atoms with Crippen LogP contribution in [0.3, 0.4) is 0 Å². The van der Waals surface area contributed by atoms with Crippen molar-refractivity contribution in [2.75, 3.05) is 26.1 Å². The number of aromatic nitrogens is 2. The number of benzene rings is 2. The number of carbonyl (C=O) groups excluding carboxylic acids is 1. The lowest BCUT2D eigenvalue weighted by atomic mass is 10.1. The van der Waals surface area contributed by atoms with E-state index in [-0.39, 0.29) is 17.4 Å². The predicted octanol–water partition coefficient (Wildman–Crippen LogP) is 3.35. The third-order valence-electron chi connectivity index (χ3n) is 4.18. The lowest BCUT2D eigenvalue weighted by Crippen LogP contribution is -2.26. The molecule has 0 bridgehead atoms. The molecule has 1 amide bonds. The first-order valence-electron chi connectivity index (χ1n) is 8.94. The molecule has 3 aromatic rings. The third-order valence-corrected chi connectivity index (χ3v) is 4.18. The highest BCUT2D eigenvalue weighted by Gasteiger charge is 2.10. The highest BCUT2D eigenvalue weighted by molar-refractivity contribution is 5.92. The van der Waals surface area contributed by atoms with Crippen molar-refractivity contribution in [2.45, 2.75) is 6.42 Å². The lowest BCUT2D eigenvalue weighted by molar-refractivity contribution is 0.0948. The standard InChI is InChI=1S/C21H21FN4O3/c1-28-16-7-9-19(29-2)18(13-16)24-20-10-8-17(25-26-20)21(27)23-12-11-14-3-5-15(22)6-4-14/h3-10,13H,11-12H2,1-2H3,(H,23,27)(H,24,26). The summed E-state index contributed by atoms with van der Waals surface area (Å²) in [5, 5.41) is 13.9. The predicted molar refractivity (Wildman–Crippen MR) is 107 cm³/mol. The summed E-state index contributed by atoms with van der Waals surface area (Å²) >= 11 is 0. The lowest BCUT2D eigenvalue weighted by Gasteiger charge is -2.12. The second-order valence-corrected chi connectivity index (χ2v) is 6.13. The minimum absolute atomic E-state index is 0.201. The number of ether oxygens (including phenoxy) is 2. The van der Waals surface area contributed by atoms with Crippen molar-refractivity contribution in [3.8, 4) is 11.5 Å². The van der Waals surface area contributed by atoms with Crippen LogP contribution in [0.5, 0.6) is 11.5 Å². The van der Waals surface area contributed by atoms with Gasteiger partial charge in [-0.25, -0.2) is 4.39 Å².